The van der Waals surface area contributed by atoms with Crippen LogP contribution in [0.3, 0.4) is 0 Å². The summed E-state index contributed by atoms with van der Waals surface area (Å²) >= 11 is 0. The fourth-order valence-electron chi connectivity index (χ4n) is 6.69. The third kappa shape index (κ3) is 5.48. The molecule has 0 amide bonds. The lowest BCUT2D eigenvalue weighted by Crippen LogP contribution is -1.97. The zero-order chi connectivity index (χ0) is 32.6. The van der Waals surface area contributed by atoms with Crippen molar-refractivity contribution in [1.82, 2.24) is 9.97 Å². The molecule has 0 spiro atoms. The Balaban J connectivity index is 1.28. The lowest BCUT2D eigenvalue weighted by atomic mass is 9.92. The van der Waals surface area contributed by atoms with E-state index in [2.05, 4.69) is 140 Å². The second-order valence-electron chi connectivity index (χ2n) is 12.2. The van der Waals surface area contributed by atoms with Crippen molar-refractivity contribution in [2.24, 2.45) is 0 Å². The molecular weight excluding hydrogens is 597 g/mol. The topological polar surface area (TPSA) is 38.9 Å². The van der Waals surface area contributed by atoms with Crippen molar-refractivity contribution in [3.63, 3.8) is 0 Å². The highest BCUT2D eigenvalue weighted by Gasteiger charge is 2.17. The molecule has 0 bridgehead atoms. The molecule has 2 heterocycles. The first-order valence-corrected chi connectivity index (χ1v) is 16.5. The van der Waals surface area contributed by atoms with E-state index in [4.69, 9.17) is 14.4 Å². The van der Waals surface area contributed by atoms with E-state index in [0.717, 1.165) is 77.8 Å². The van der Waals surface area contributed by atoms with Gasteiger partial charge >= 0.3 is 0 Å². The lowest BCUT2D eigenvalue weighted by Gasteiger charge is -2.14. The smallest absolute Gasteiger partial charge is 0.160 e. The summed E-state index contributed by atoms with van der Waals surface area (Å²) in [5.74, 6) is 0.688. The number of hydrogen-bond acceptors (Lipinski definition) is 3. The van der Waals surface area contributed by atoms with Gasteiger partial charge in [-0.05, 0) is 75.8 Å². The Morgan fingerprint density at radius 3 is 1.59 bits per heavy atom. The number of para-hydroxylation sites is 1. The van der Waals surface area contributed by atoms with E-state index >= 15 is 0 Å². The van der Waals surface area contributed by atoms with Crippen molar-refractivity contribution >= 4 is 21.9 Å². The van der Waals surface area contributed by atoms with E-state index in [9.17, 15) is 0 Å². The highest BCUT2D eigenvalue weighted by molar-refractivity contribution is 6.12. The minimum absolute atomic E-state index is 0.688. The molecule has 9 aromatic rings. The lowest BCUT2D eigenvalue weighted by molar-refractivity contribution is 0.669. The molecule has 230 valence electrons. The van der Waals surface area contributed by atoms with Crippen LogP contribution in [0.5, 0.6) is 0 Å². The standard InChI is InChI=1S/C46H30N2O/c1-4-14-31(15-5-1)34-20-12-21-35(26-34)41-30-42(48-46(47-41)33-18-8-3-9-19-33)38-28-36(32-16-6-2-7-17-32)27-37(29-38)39-23-13-25-44-45(39)40-22-10-11-24-43(40)49-44/h1-30H. The maximum atomic E-state index is 6.29. The molecule has 0 saturated carbocycles. The van der Waals surface area contributed by atoms with Crippen molar-refractivity contribution in [3.05, 3.63) is 182 Å². The van der Waals surface area contributed by atoms with Gasteiger partial charge in [-0.1, -0.05) is 140 Å². The van der Waals surface area contributed by atoms with Gasteiger partial charge < -0.3 is 4.42 Å². The van der Waals surface area contributed by atoms with Crippen molar-refractivity contribution < 1.29 is 4.42 Å². The molecule has 0 aliphatic rings. The van der Waals surface area contributed by atoms with Gasteiger partial charge in [0, 0.05) is 27.5 Å². The summed E-state index contributed by atoms with van der Waals surface area (Å²) in [5.41, 5.74) is 13.3. The monoisotopic (exact) mass is 626 g/mol. The van der Waals surface area contributed by atoms with Gasteiger partial charge in [0.2, 0.25) is 0 Å². The molecule has 2 aromatic heterocycles. The second kappa shape index (κ2) is 12.2. The summed E-state index contributed by atoms with van der Waals surface area (Å²) in [6.07, 6.45) is 0. The molecule has 9 rings (SSSR count). The minimum Gasteiger partial charge on any atom is -0.456 e. The van der Waals surface area contributed by atoms with Gasteiger partial charge in [-0.2, -0.15) is 0 Å². The Hall–Kier alpha value is -6.58. The van der Waals surface area contributed by atoms with Crippen LogP contribution in [0.15, 0.2) is 186 Å². The number of aromatic nitrogens is 2. The Bertz CT molecular complexity index is 2590. The summed E-state index contributed by atoms with van der Waals surface area (Å²) < 4.78 is 6.29. The van der Waals surface area contributed by atoms with Crippen LogP contribution in [-0.4, -0.2) is 9.97 Å². The maximum absolute atomic E-state index is 6.29. The van der Waals surface area contributed by atoms with Crippen molar-refractivity contribution in [1.29, 1.82) is 0 Å². The molecule has 49 heavy (non-hydrogen) atoms. The van der Waals surface area contributed by atoms with Gasteiger partial charge in [0.05, 0.1) is 11.4 Å². The second-order valence-corrected chi connectivity index (χ2v) is 12.2. The van der Waals surface area contributed by atoms with Gasteiger partial charge in [-0.15, -0.1) is 0 Å². The average molecular weight is 627 g/mol. The first kappa shape index (κ1) is 28.6. The molecule has 0 atom stereocenters. The van der Waals surface area contributed by atoms with E-state index < -0.39 is 0 Å². The molecule has 0 unspecified atom stereocenters. The number of rotatable bonds is 6. The van der Waals surface area contributed by atoms with Gasteiger partial charge in [-0.25, -0.2) is 9.97 Å². The van der Waals surface area contributed by atoms with Gasteiger partial charge in [0.25, 0.3) is 0 Å². The minimum atomic E-state index is 0.688. The zero-order valence-electron chi connectivity index (χ0n) is 26.6. The van der Waals surface area contributed by atoms with Crippen LogP contribution in [0.4, 0.5) is 0 Å². The zero-order valence-corrected chi connectivity index (χ0v) is 26.6. The van der Waals surface area contributed by atoms with Crippen LogP contribution in [0.2, 0.25) is 0 Å². The van der Waals surface area contributed by atoms with E-state index in [1.807, 2.05) is 42.5 Å². The molecule has 3 heteroatoms. The van der Waals surface area contributed by atoms with Crippen molar-refractivity contribution in [3.8, 4) is 67.3 Å². The normalized spacial score (nSPS) is 11.3. The van der Waals surface area contributed by atoms with Gasteiger partial charge in [0.1, 0.15) is 11.2 Å². The Morgan fingerprint density at radius 2 is 0.837 bits per heavy atom. The molecule has 0 aliphatic heterocycles. The fraction of sp³-hybridized carbons (Fsp3) is 0. The summed E-state index contributed by atoms with van der Waals surface area (Å²) in [4.78, 5) is 10.4. The average Bonchev–Trinajstić information content (AvgIpc) is 3.58. The predicted octanol–water partition coefficient (Wildman–Crippen LogP) is 12.4. The number of furan rings is 1. The SMILES string of the molecule is c1ccc(-c2cccc(-c3cc(-c4cc(-c5ccccc5)cc(-c5cccc6oc7ccccc7c56)c4)nc(-c4ccccc4)n3)c2)cc1. The summed E-state index contributed by atoms with van der Waals surface area (Å²) in [7, 11) is 0. The number of hydrogen-bond donors (Lipinski definition) is 0. The molecule has 0 fully saturated rings. The van der Waals surface area contributed by atoms with Crippen LogP contribution in [-0.2, 0) is 0 Å². The van der Waals surface area contributed by atoms with E-state index in [-0.39, 0.29) is 0 Å². The van der Waals surface area contributed by atoms with Crippen molar-refractivity contribution in [2.75, 3.05) is 0 Å². The van der Waals surface area contributed by atoms with Crippen LogP contribution in [0.25, 0.3) is 89.2 Å². The fourth-order valence-corrected chi connectivity index (χ4v) is 6.69. The summed E-state index contributed by atoms with van der Waals surface area (Å²) in [6.45, 7) is 0. The number of benzene rings is 7. The highest BCUT2D eigenvalue weighted by atomic mass is 16.3. The molecular formula is C46H30N2O. The molecule has 0 aliphatic carbocycles. The van der Waals surface area contributed by atoms with Crippen LogP contribution in [0, 0.1) is 0 Å². The maximum Gasteiger partial charge on any atom is 0.160 e. The number of nitrogens with zero attached hydrogens (tertiary/aromatic N) is 2. The molecule has 0 radical (unpaired) electrons. The Labute approximate surface area is 284 Å². The summed E-state index contributed by atoms with van der Waals surface area (Å²) in [5, 5.41) is 2.22. The molecule has 3 nitrogen and oxygen atoms in total. The van der Waals surface area contributed by atoms with Crippen molar-refractivity contribution in [2.45, 2.75) is 0 Å². The Kier molecular flexibility index (Phi) is 7.14. The van der Waals surface area contributed by atoms with Gasteiger partial charge in [-0.3, -0.25) is 0 Å². The molecule has 0 saturated heterocycles. The largest absolute Gasteiger partial charge is 0.456 e. The molecule has 7 aromatic carbocycles. The van der Waals surface area contributed by atoms with Crippen LogP contribution in [0.1, 0.15) is 0 Å². The first-order chi connectivity index (χ1) is 24.3. The third-order valence-electron chi connectivity index (χ3n) is 9.07. The van der Waals surface area contributed by atoms with Crippen LogP contribution >= 0.6 is 0 Å². The number of fused-ring (bicyclic) bond motifs is 3. The highest BCUT2D eigenvalue weighted by Crippen LogP contribution is 2.40. The molecule has 0 N–H and O–H groups in total. The van der Waals surface area contributed by atoms with E-state index in [0.29, 0.717) is 5.82 Å². The van der Waals surface area contributed by atoms with E-state index in [1.165, 1.54) is 5.56 Å². The van der Waals surface area contributed by atoms with Gasteiger partial charge in [0.15, 0.2) is 5.82 Å². The first-order valence-electron chi connectivity index (χ1n) is 16.5. The van der Waals surface area contributed by atoms with E-state index in [1.54, 1.807) is 0 Å². The van der Waals surface area contributed by atoms with Crippen LogP contribution < -0.4 is 0 Å². The predicted molar refractivity (Wildman–Crippen MR) is 202 cm³/mol. The Morgan fingerprint density at radius 1 is 0.327 bits per heavy atom. The quantitative estimate of drug-likeness (QED) is 0.184. The third-order valence-corrected chi connectivity index (χ3v) is 9.07. The summed E-state index contributed by atoms with van der Waals surface area (Å²) in [6, 6.07) is 63.3.